The van der Waals surface area contributed by atoms with Crippen molar-refractivity contribution in [2.75, 3.05) is 13.1 Å². The van der Waals surface area contributed by atoms with E-state index in [1.54, 1.807) is 0 Å². The van der Waals surface area contributed by atoms with Crippen LogP contribution in [0.25, 0.3) is 0 Å². The van der Waals surface area contributed by atoms with Crippen LogP contribution in [0.5, 0.6) is 0 Å². The Balaban J connectivity index is 0. The van der Waals surface area contributed by atoms with Gasteiger partial charge in [0.25, 0.3) is 0 Å². The van der Waals surface area contributed by atoms with Gasteiger partial charge in [-0.25, -0.2) is 0 Å². The van der Waals surface area contributed by atoms with Crippen molar-refractivity contribution in [3.05, 3.63) is 35.4 Å². The second-order valence-electron chi connectivity index (χ2n) is 5.75. The van der Waals surface area contributed by atoms with Crippen LogP contribution >= 0.6 is 24.8 Å². The summed E-state index contributed by atoms with van der Waals surface area (Å²) >= 11 is 0. The monoisotopic (exact) mass is 292 g/mol. The summed E-state index contributed by atoms with van der Waals surface area (Å²) in [5.74, 6) is 0. The molecule has 106 valence electrons. The molecule has 0 amide bonds. The number of hydrogen-bond donors (Lipinski definition) is 2. The van der Waals surface area contributed by atoms with Gasteiger partial charge >= 0.3 is 0 Å². The summed E-state index contributed by atoms with van der Waals surface area (Å²) in [5, 5.41) is 0. The molecule has 0 aromatic heterocycles. The topological polar surface area (TPSA) is 52.0 Å². The zero-order valence-electron chi connectivity index (χ0n) is 11.7. The number of halogens is 2. The molecule has 0 unspecified atom stereocenters. The average molecular weight is 293 g/mol. The number of nitrogens with two attached hydrogens (primary N) is 2. The van der Waals surface area contributed by atoms with Crippen LogP contribution in [-0.2, 0) is 10.8 Å². The minimum absolute atomic E-state index is 0. The molecule has 0 aliphatic heterocycles. The van der Waals surface area contributed by atoms with E-state index in [0.717, 1.165) is 0 Å². The Kier molecular flexibility index (Phi) is 8.18. The lowest BCUT2D eigenvalue weighted by molar-refractivity contribution is 0.528. The van der Waals surface area contributed by atoms with Crippen LogP contribution < -0.4 is 11.5 Å². The van der Waals surface area contributed by atoms with E-state index in [4.69, 9.17) is 11.5 Å². The molecule has 1 aromatic rings. The predicted molar refractivity (Wildman–Crippen MR) is 85.1 cm³/mol. The SMILES string of the molecule is CC(C)(CN)c1ccc(C(C)(C)CN)cc1.Cl.Cl. The second kappa shape index (κ2) is 7.34. The van der Waals surface area contributed by atoms with E-state index in [-0.39, 0.29) is 35.6 Å². The summed E-state index contributed by atoms with van der Waals surface area (Å²) in [7, 11) is 0. The van der Waals surface area contributed by atoms with E-state index in [1.165, 1.54) is 11.1 Å². The minimum atomic E-state index is 0. The lowest BCUT2D eigenvalue weighted by Gasteiger charge is -2.26. The molecule has 4 heteroatoms. The number of rotatable bonds is 4. The molecule has 0 spiro atoms. The van der Waals surface area contributed by atoms with Gasteiger partial charge in [0.2, 0.25) is 0 Å². The molecule has 0 radical (unpaired) electrons. The first kappa shape index (κ1) is 20.0. The number of hydrogen-bond acceptors (Lipinski definition) is 2. The Bertz CT molecular complexity index is 310. The highest BCUT2D eigenvalue weighted by molar-refractivity contribution is 5.85. The van der Waals surface area contributed by atoms with E-state index in [9.17, 15) is 0 Å². The molecule has 0 atom stereocenters. The van der Waals surface area contributed by atoms with Gasteiger partial charge in [-0.05, 0) is 11.1 Å². The lowest BCUT2D eigenvalue weighted by Crippen LogP contribution is -2.30. The summed E-state index contributed by atoms with van der Waals surface area (Å²) in [6.45, 7) is 9.97. The maximum atomic E-state index is 5.77. The molecule has 0 saturated heterocycles. The molecular formula is C14H26Cl2N2. The quantitative estimate of drug-likeness (QED) is 0.896. The fourth-order valence-corrected chi connectivity index (χ4v) is 1.61. The molecule has 2 nitrogen and oxygen atoms in total. The molecular weight excluding hydrogens is 267 g/mol. The Labute approximate surface area is 123 Å². The standard InChI is InChI=1S/C14H24N2.2ClH/c1-13(2,9-15)11-5-7-12(8-6-11)14(3,4)10-16;;/h5-8H,9-10,15-16H2,1-4H3;2*1H. The average Bonchev–Trinajstić information content (AvgIpc) is 2.29. The van der Waals surface area contributed by atoms with Crippen molar-refractivity contribution < 1.29 is 0 Å². The van der Waals surface area contributed by atoms with Crippen LogP contribution in [0, 0.1) is 0 Å². The van der Waals surface area contributed by atoms with Gasteiger partial charge in [-0.2, -0.15) is 0 Å². The summed E-state index contributed by atoms with van der Waals surface area (Å²) < 4.78 is 0. The molecule has 1 aromatic carbocycles. The Morgan fingerprint density at radius 3 is 1.11 bits per heavy atom. The maximum absolute atomic E-state index is 5.77. The summed E-state index contributed by atoms with van der Waals surface area (Å²) in [6.07, 6.45) is 0. The van der Waals surface area contributed by atoms with Crippen molar-refractivity contribution in [3.63, 3.8) is 0 Å². The van der Waals surface area contributed by atoms with Crippen molar-refractivity contribution in [1.82, 2.24) is 0 Å². The zero-order chi connectivity index (χ0) is 12.4. The second-order valence-corrected chi connectivity index (χ2v) is 5.75. The molecule has 0 aliphatic carbocycles. The third-order valence-electron chi connectivity index (χ3n) is 3.47. The van der Waals surface area contributed by atoms with Crippen molar-refractivity contribution in [3.8, 4) is 0 Å². The molecule has 0 bridgehead atoms. The Morgan fingerprint density at radius 2 is 0.944 bits per heavy atom. The highest BCUT2D eigenvalue weighted by atomic mass is 35.5. The first-order valence-corrected chi connectivity index (χ1v) is 5.84. The third-order valence-corrected chi connectivity index (χ3v) is 3.47. The van der Waals surface area contributed by atoms with Gasteiger partial charge in [-0.3, -0.25) is 0 Å². The van der Waals surface area contributed by atoms with Gasteiger partial charge in [-0.1, -0.05) is 52.0 Å². The summed E-state index contributed by atoms with van der Waals surface area (Å²) in [4.78, 5) is 0. The molecule has 0 aliphatic rings. The van der Waals surface area contributed by atoms with Gasteiger partial charge in [0.15, 0.2) is 0 Å². The van der Waals surface area contributed by atoms with E-state index in [1.807, 2.05) is 0 Å². The van der Waals surface area contributed by atoms with Crippen LogP contribution in [0.4, 0.5) is 0 Å². The van der Waals surface area contributed by atoms with Crippen molar-refractivity contribution in [1.29, 1.82) is 0 Å². The third kappa shape index (κ3) is 4.43. The van der Waals surface area contributed by atoms with Crippen LogP contribution in [0.3, 0.4) is 0 Å². The first-order valence-electron chi connectivity index (χ1n) is 5.84. The molecule has 0 fully saturated rings. The lowest BCUT2D eigenvalue weighted by atomic mass is 9.80. The zero-order valence-corrected chi connectivity index (χ0v) is 13.3. The fourth-order valence-electron chi connectivity index (χ4n) is 1.61. The Hall–Kier alpha value is -0.280. The fraction of sp³-hybridized carbons (Fsp3) is 0.571. The van der Waals surface area contributed by atoms with Crippen molar-refractivity contribution in [2.24, 2.45) is 11.5 Å². The van der Waals surface area contributed by atoms with Gasteiger partial charge in [0, 0.05) is 23.9 Å². The van der Waals surface area contributed by atoms with Crippen LogP contribution in [0.15, 0.2) is 24.3 Å². The van der Waals surface area contributed by atoms with E-state index in [0.29, 0.717) is 13.1 Å². The largest absolute Gasteiger partial charge is 0.330 e. The van der Waals surface area contributed by atoms with Crippen molar-refractivity contribution >= 4 is 24.8 Å². The van der Waals surface area contributed by atoms with E-state index in [2.05, 4.69) is 52.0 Å². The molecule has 0 saturated carbocycles. The van der Waals surface area contributed by atoms with Crippen LogP contribution in [0.1, 0.15) is 38.8 Å². The minimum Gasteiger partial charge on any atom is -0.330 e. The normalized spacial score (nSPS) is 11.4. The van der Waals surface area contributed by atoms with E-state index < -0.39 is 0 Å². The smallest absolute Gasteiger partial charge is 0.00190 e. The molecule has 4 N–H and O–H groups in total. The van der Waals surface area contributed by atoms with Crippen LogP contribution in [-0.4, -0.2) is 13.1 Å². The van der Waals surface area contributed by atoms with Crippen LogP contribution in [0.2, 0.25) is 0 Å². The number of benzene rings is 1. The van der Waals surface area contributed by atoms with Gasteiger partial charge in [0.05, 0.1) is 0 Å². The van der Waals surface area contributed by atoms with Gasteiger partial charge < -0.3 is 11.5 Å². The Morgan fingerprint density at radius 1 is 0.722 bits per heavy atom. The molecule has 18 heavy (non-hydrogen) atoms. The van der Waals surface area contributed by atoms with Crippen molar-refractivity contribution in [2.45, 2.75) is 38.5 Å². The van der Waals surface area contributed by atoms with Gasteiger partial charge in [0.1, 0.15) is 0 Å². The highest BCUT2D eigenvalue weighted by Gasteiger charge is 2.21. The first-order chi connectivity index (χ1) is 7.33. The molecule has 0 heterocycles. The summed E-state index contributed by atoms with van der Waals surface area (Å²) in [6, 6.07) is 8.67. The summed E-state index contributed by atoms with van der Waals surface area (Å²) in [5.41, 5.74) is 14.2. The maximum Gasteiger partial charge on any atom is 0.00190 e. The highest BCUT2D eigenvalue weighted by Crippen LogP contribution is 2.26. The molecule has 1 rings (SSSR count). The van der Waals surface area contributed by atoms with E-state index >= 15 is 0 Å². The predicted octanol–water partition coefficient (Wildman–Crippen LogP) is 3.00. The van der Waals surface area contributed by atoms with Gasteiger partial charge in [-0.15, -0.1) is 24.8 Å².